The number of H-pyrrole nitrogens is 2. The van der Waals surface area contributed by atoms with Crippen LogP contribution >= 0.6 is 7.82 Å². The first-order valence-corrected chi connectivity index (χ1v) is 22.1. The molecule has 19 nitrogen and oxygen atoms in total. The molecule has 4 saturated heterocycles. The summed E-state index contributed by atoms with van der Waals surface area (Å²) in [6.45, 7) is 2.49. The van der Waals surface area contributed by atoms with Gasteiger partial charge in [0.2, 0.25) is 0 Å². The molecule has 0 amide bonds. The second kappa shape index (κ2) is 17.2. The number of aryl methyl sites for hydroxylation is 2. The number of aliphatic hydroxyl groups excluding tert-OH is 1. The molecule has 4 fully saturated rings. The molecule has 20 heteroatoms. The van der Waals surface area contributed by atoms with Gasteiger partial charge in [-0.05, 0) is 54.8 Å². The fourth-order valence-corrected chi connectivity index (χ4v) is 10.5. The second-order valence-electron chi connectivity index (χ2n) is 16.2. The van der Waals surface area contributed by atoms with E-state index >= 15 is 0 Å². The SMILES string of the molecule is COc1ccc(C(OC[C@@]23CO[C@@H]([C@H](n4cc(C)c(=O)[nH]c4=O)O2)[C@@H]3O[P@@]2(=O)OCC[C@H]([C@@H]3O[C@@H](n4cc(C)c(=O)[nH]c4=O)C[C@@H]3O)O2)(c2ccccc2)c2ccc(OC)cc2)cc1. The van der Waals surface area contributed by atoms with Gasteiger partial charge in [0.15, 0.2) is 6.23 Å². The van der Waals surface area contributed by atoms with Crippen LogP contribution in [0.15, 0.2) is 110 Å². The number of aromatic nitrogens is 4. The molecule has 0 saturated carbocycles. The van der Waals surface area contributed by atoms with Gasteiger partial charge in [0.05, 0.1) is 40.1 Å². The minimum Gasteiger partial charge on any atom is -0.497 e. The zero-order valence-corrected chi connectivity index (χ0v) is 36.1. The van der Waals surface area contributed by atoms with Crippen molar-refractivity contribution in [2.75, 3.05) is 34.0 Å². The van der Waals surface area contributed by atoms with Crippen LogP contribution in [0.25, 0.3) is 0 Å². The zero-order valence-electron chi connectivity index (χ0n) is 35.2. The van der Waals surface area contributed by atoms with Gasteiger partial charge >= 0.3 is 19.2 Å². The molecule has 5 aromatic rings. The molecule has 0 radical (unpaired) electrons. The summed E-state index contributed by atoms with van der Waals surface area (Å²) in [7, 11) is -1.44. The van der Waals surface area contributed by atoms with Gasteiger partial charge in [0.25, 0.3) is 11.1 Å². The second-order valence-corrected chi connectivity index (χ2v) is 17.8. The molecule has 2 bridgehead atoms. The van der Waals surface area contributed by atoms with Gasteiger partial charge in [-0.25, -0.2) is 14.2 Å². The van der Waals surface area contributed by atoms with Gasteiger partial charge in [-0.3, -0.25) is 42.3 Å². The largest absolute Gasteiger partial charge is 0.497 e. The molecule has 0 aliphatic carbocycles. The number of aromatic amines is 2. The van der Waals surface area contributed by atoms with Crippen LogP contribution in [0, 0.1) is 13.8 Å². The third-order valence-electron chi connectivity index (χ3n) is 12.2. The van der Waals surface area contributed by atoms with E-state index in [-0.39, 0.29) is 43.8 Å². The molecule has 9 atom stereocenters. The molecule has 4 aliphatic rings. The van der Waals surface area contributed by atoms with Gasteiger partial charge in [-0.1, -0.05) is 54.6 Å². The normalized spacial score (nSPS) is 28.9. The van der Waals surface area contributed by atoms with Crippen LogP contribution in [0.2, 0.25) is 0 Å². The summed E-state index contributed by atoms with van der Waals surface area (Å²) in [4.78, 5) is 55.2. The standard InChI is InChI=1S/C44H47N4O15P/c1-25-21-47(41(52)45-38(25)50)34-20-32(49)35(60-34)33-18-19-59-64(54,62-33)63-37-36-40(48-22-26(2)39(51)46-42(48)53)61-43(37,23-57-36)24-58-44(27-8-6-5-7-9-27,28-10-14-30(55-3)15-11-28)29-12-16-31(56-4)17-13-29/h5-17,21-22,32-37,40,49H,18-20,23-24H2,1-4H3,(H,45,50,52)(H,46,51,53)/t32-,33+,34+,35+,36+,37-,40+,43+,64-/m0/s1. The minimum absolute atomic E-state index is 0.0324. The summed E-state index contributed by atoms with van der Waals surface area (Å²) < 4.78 is 73.0. The summed E-state index contributed by atoms with van der Waals surface area (Å²) in [5, 5.41) is 11.2. The van der Waals surface area contributed by atoms with Crippen LogP contribution in [-0.4, -0.2) is 94.4 Å². The summed E-state index contributed by atoms with van der Waals surface area (Å²) in [6, 6.07) is 24.3. The van der Waals surface area contributed by atoms with Crippen molar-refractivity contribution in [3.05, 3.63) is 161 Å². The predicted molar refractivity (Wildman–Crippen MR) is 225 cm³/mol. The summed E-state index contributed by atoms with van der Waals surface area (Å²) in [5.41, 5.74) is -2.95. The lowest BCUT2D eigenvalue weighted by Gasteiger charge is -2.40. The number of hydrogen-bond acceptors (Lipinski definition) is 15. The highest BCUT2D eigenvalue weighted by Gasteiger charge is 2.66. The van der Waals surface area contributed by atoms with E-state index in [1.54, 1.807) is 14.2 Å². The third-order valence-corrected chi connectivity index (χ3v) is 13.7. The van der Waals surface area contributed by atoms with Crippen molar-refractivity contribution in [3.8, 4) is 11.5 Å². The van der Waals surface area contributed by atoms with Gasteiger partial charge < -0.3 is 33.5 Å². The first kappa shape index (κ1) is 43.8. The number of benzene rings is 3. The van der Waals surface area contributed by atoms with Crippen molar-refractivity contribution in [3.63, 3.8) is 0 Å². The Morgan fingerprint density at radius 1 is 0.812 bits per heavy atom. The maximum absolute atomic E-state index is 14.8. The molecule has 4 aliphatic heterocycles. The zero-order chi connectivity index (χ0) is 45.0. The van der Waals surface area contributed by atoms with Crippen molar-refractivity contribution in [2.24, 2.45) is 0 Å². The van der Waals surface area contributed by atoms with E-state index in [2.05, 4.69) is 9.97 Å². The highest BCUT2D eigenvalue weighted by atomic mass is 31.2. The van der Waals surface area contributed by atoms with E-state index in [1.807, 2.05) is 78.9 Å². The van der Waals surface area contributed by atoms with E-state index < -0.39 is 84.5 Å². The van der Waals surface area contributed by atoms with Crippen molar-refractivity contribution in [1.29, 1.82) is 0 Å². The summed E-state index contributed by atoms with van der Waals surface area (Å²) in [5.74, 6) is 1.23. The Balaban J connectivity index is 1.08. The quantitative estimate of drug-likeness (QED) is 0.114. The van der Waals surface area contributed by atoms with Crippen molar-refractivity contribution < 1.29 is 51.7 Å². The monoisotopic (exact) mass is 902 g/mol. The van der Waals surface area contributed by atoms with Crippen LogP contribution in [0.1, 0.15) is 53.1 Å². The van der Waals surface area contributed by atoms with Crippen molar-refractivity contribution >= 4 is 7.82 Å². The average Bonchev–Trinajstić information content (AvgIpc) is 3.95. The number of hydrogen-bond donors (Lipinski definition) is 3. The molecule has 338 valence electrons. The fraction of sp³-hybridized carbons (Fsp3) is 0.409. The smallest absolute Gasteiger partial charge is 0.475 e. The molecular weight excluding hydrogens is 855 g/mol. The average molecular weight is 903 g/mol. The minimum atomic E-state index is -4.59. The number of methoxy groups -OCH3 is 2. The predicted octanol–water partition coefficient (Wildman–Crippen LogP) is 3.34. The fourth-order valence-electron chi connectivity index (χ4n) is 8.89. The van der Waals surface area contributed by atoms with Gasteiger partial charge in [0.1, 0.15) is 53.3 Å². The number of rotatable bonds is 13. The van der Waals surface area contributed by atoms with E-state index in [0.717, 1.165) is 5.56 Å². The Morgan fingerprint density at radius 3 is 2.00 bits per heavy atom. The summed E-state index contributed by atoms with van der Waals surface area (Å²) in [6.07, 6.45) is -5.08. The number of nitrogens with one attached hydrogen (secondary N) is 2. The molecule has 0 spiro atoms. The molecule has 3 N–H and O–H groups in total. The van der Waals surface area contributed by atoms with Gasteiger partial charge in [0, 0.05) is 36.4 Å². The van der Waals surface area contributed by atoms with E-state index in [9.17, 15) is 28.8 Å². The highest BCUT2D eigenvalue weighted by Crippen LogP contribution is 2.61. The van der Waals surface area contributed by atoms with E-state index in [0.29, 0.717) is 22.6 Å². The lowest BCUT2D eigenvalue weighted by atomic mass is 9.79. The lowest BCUT2D eigenvalue weighted by molar-refractivity contribution is -0.204. The Morgan fingerprint density at radius 2 is 1.39 bits per heavy atom. The van der Waals surface area contributed by atoms with E-state index in [4.69, 9.17) is 42.0 Å². The lowest BCUT2D eigenvalue weighted by Crippen LogP contribution is -2.49. The van der Waals surface area contributed by atoms with Crippen LogP contribution in [0.3, 0.4) is 0 Å². The Hall–Kier alpha value is -5.47. The molecule has 0 unspecified atom stereocenters. The first-order chi connectivity index (χ1) is 30.8. The Bertz CT molecular complexity index is 2750. The molecular formula is C44H47N4O15P. The van der Waals surface area contributed by atoms with Crippen LogP contribution in [0.5, 0.6) is 11.5 Å². The number of phosphoric ester groups is 1. The van der Waals surface area contributed by atoms with Crippen LogP contribution in [0.4, 0.5) is 0 Å². The first-order valence-electron chi connectivity index (χ1n) is 20.6. The number of ether oxygens (including phenoxy) is 6. The Labute approximate surface area is 365 Å². The van der Waals surface area contributed by atoms with Crippen LogP contribution < -0.4 is 32.0 Å². The van der Waals surface area contributed by atoms with Crippen molar-refractivity contribution in [1.82, 2.24) is 19.1 Å². The number of fused-ring (bicyclic) bond motifs is 2. The topological polar surface area (TPSA) is 230 Å². The number of phosphoric acid groups is 1. The van der Waals surface area contributed by atoms with Crippen LogP contribution in [-0.2, 0) is 42.7 Å². The maximum Gasteiger partial charge on any atom is 0.475 e. The number of nitrogens with zero attached hydrogens (tertiary/aromatic N) is 2. The molecule has 9 rings (SSSR count). The van der Waals surface area contributed by atoms with Gasteiger partial charge in [-0.15, -0.1) is 0 Å². The molecule has 64 heavy (non-hydrogen) atoms. The Kier molecular flexibility index (Phi) is 11.7. The summed E-state index contributed by atoms with van der Waals surface area (Å²) >= 11 is 0. The highest BCUT2D eigenvalue weighted by molar-refractivity contribution is 7.48. The van der Waals surface area contributed by atoms with Crippen molar-refractivity contribution in [2.45, 2.75) is 80.9 Å². The number of aliphatic hydroxyl groups is 1. The van der Waals surface area contributed by atoms with Gasteiger partial charge in [-0.2, -0.15) is 0 Å². The molecule has 6 heterocycles. The van der Waals surface area contributed by atoms with E-state index in [1.165, 1.54) is 35.4 Å². The molecule has 3 aromatic carbocycles. The molecule has 2 aromatic heterocycles. The third kappa shape index (κ3) is 7.80. The maximum atomic E-state index is 14.8.